The fourth-order valence-corrected chi connectivity index (χ4v) is 3.59. The van der Waals surface area contributed by atoms with E-state index in [0.717, 1.165) is 50.5 Å². The molecule has 7 nitrogen and oxygen atoms in total. The van der Waals surface area contributed by atoms with E-state index in [9.17, 15) is 4.79 Å². The summed E-state index contributed by atoms with van der Waals surface area (Å²) in [6.45, 7) is 10.00. The number of nitrogens with zero attached hydrogens (tertiary/aromatic N) is 5. The summed E-state index contributed by atoms with van der Waals surface area (Å²) < 4.78 is 1.83. The molecule has 1 amide bonds. The van der Waals surface area contributed by atoms with Gasteiger partial charge in [-0.05, 0) is 50.9 Å². The number of piperidine rings is 1. The molecular weight excluding hydrogens is 352 g/mol. The molecule has 28 heavy (non-hydrogen) atoms. The molecular formula is C21H32N6O. The van der Waals surface area contributed by atoms with Crippen LogP contribution in [0.4, 0.5) is 0 Å². The summed E-state index contributed by atoms with van der Waals surface area (Å²) in [5.41, 5.74) is 1.10. The molecule has 0 spiro atoms. The molecule has 1 saturated heterocycles. The molecule has 3 heterocycles. The molecule has 0 radical (unpaired) electrons. The maximum atomic E-state index is 12.2. The largest absolute Gasteiger partial charge is 0.356 e. The minimum Gasteiger partial charge on any atom is -0.356 e. The summed E-state index contributed by atoms with van der Waals surface area (Å²) >= 11 is 0. The minimum absolute atomic E-state index is 0.0837. The molecule has 3 rings (SSSR count). The van der Waals surface area contributed by atoms with Gasteiger partial charge >= 0.3 is 0 Å². The molecule has 1 aliphatic heterocycles. The number of carbonyl (C=O) groups is 1. The van der Waals surface area contributed by atoms with Crippen LogP contribution in [0.5, 0.6) is 0 Å². The van der Waals surface area contributed by atoms with Gasteiger partial charge in [0.1, 0.15) is 5.82 Å². The summed E-state index contributed by atoms with van der Waals surface area (Å²) in [5, 5.41) is 7.31. The van der Waals surface area contributed by atoms with Crippen LogP contribution in [0, 0.1) is 5.92 Å². The number of hydrogen-bond acceptors (Lipinski definition) is 5. The molecule has 1 atom stereocenters. The van der Waals surface area contributed by atoms with E-state index in [2.05, 4.69) is 39.1 Å². The number of likely N-dealkylation sites (tertiary alicyclic amines) is 1. The monoisotopic (exact) mass is 384 g/mol. The zero-order valence-corrected chi connectivity index (χ0v) is 17.2. The molecule has 1 aliphatic rings. The second-order valence-corrected chi connectivity index (χ2v) is 8.12. The van der Waals surface area contributed by atoms with Crippen LogP contribution in [-0.4, -0.2) is 50.2 Å². The Hall–Kier alpha value is -2.28. The number of hydrogen-bond donors (Lipinski definition) is 1. The Morgan fingerprint density at radius 3 is 2.71 bits per heavy atom. The van der Waals surface area contributed by atoms with Crippen molar-refractivity contribution in [3.63, 3.8) is 0 Å². The molecule has 1 unspecified atom stereocenters. The van der Waals surface area contributed by atoms with Gasteiger partial charge in [0.25, 0.3) is 0 Å². The van der Waals surface area contributed by atoms with E-state index in [4.69, 9.17) is 0 Å². The second-order valence-electron chi connectivity index (χ2n) is 8.12. The summed E-state index contributed by atoms with van der Waals surface area (Å²) in [6.07, 6.45) is 8.19. The Balaban J connectivity index is 1.37. The third kappa shape index (κ3) is 5.86. The van der Waals surface area contributed by atoms with Gasteiger partial charge in [0.2, 0.25) is 5.91 Å². The summed E-state index contributed by atoms with van der Waals surface area (Å²) in [5.74, 6) is 1.93. The van der Waals surface area contributed by atoms with Crippen LogP contribution in [0.25, 0.3) is 0 Å². The van der Waals surface area contributed by atoms with Crippen molar-refractivity contribution in [2.75, 3.05) is 19.6 Å². The van der Waals surface area contributed by atoms with Gasteiger partial charge < -0.3 is 5.32 Å². The highest BCUT2D eigenvalue weighted by atomic mass is 16.1. The van der Waals surface area contributed by atoms with Gasteiger partial charge in [0, 0.05) is 44.0 Å². The van der Waals surface area contributed by atoms with E-state index in [1.165, 1.54) is 0 Å². The van der Waals surface area contributed by atoms with Crippen LogP contribution >= 0.6 is 0 Å². The predicted molar refractivity (Wildman–Crippen MR) is 109 cm³/mol. The van der Waals surface area contributed by atoms with Gasteiger partial charge in [-0.2, -0.15) is 5.10 Å². The van der Waals surface area contributed by atoms with Crippen molar-refractivity contribution in [1.82, 2.24) is 30.0 Å². The van der Waals surface area contributed by atoms with Crippen LogP contribution in [0.1, 0.15) is 63.5 Å². The predicted octanol–water partition coefficient (Wildman–Crippen LogP) is 2.78. The van der Waals surface area contributed by atoms with E-state index >= 15 is 0 Å². The van der Waals surface area contributed by atoms with Crippen molar-refractivity contribution in [2.45, 2.75) is 58.5 Å². The van der Waals surface area contributed by atoms with E-state index in [1.54, 1.807) is 6.20 Å². The minimum atomic E-state index is 0.0837. The lowest BCUT2D eigenvalue weighted by molar-refractivity contribution is -0.122. The van der Waals surface area contributed by atoms with Gasteiger partial charge in [-0.3, -0.25) is 14.4 Å². The number of amides is 1. The fourth-order valence-electron chi connectivity index (χ4n) is 3.59. The van der Waals surface area contributed by atoms with E-state index < -0.39 is 0 Å². The quantitative estimate of drug-likeness (QED) is 0.757. The molecule has 2 aromatic rings. The van der Waals surface area contributed by atoms with Gasteiger partial charge in [0.05, 0.1) is 11.7 Å². The first-order valence-corrected chi connectivity index (χ1v) is 10.3. The maximum absolute atomic E-state index is 12.2. The number of nitrogens with one attached hydrogen (secondary N) is 1. The van der Waals surface area contributed by atoms with Gasteiger partial charge in [-0.15, -0.1) is 0 Å². The first-order chi connectivity index (χ1) is 13.5. The highest BCUT2D eigenvalue weighted by Gasteiger charge is 2.21. The van der Waals surface area contributed by atoms with E-state index in [0.29, 0.717) is 18.3 Å². The van der Waals surface area contributed by atoms with Gasteiger partial charge in [-0.1, -0.05) is 13.8 Å². The average molecular weight is 385 g/mol. The number of aromatic nitrogens is 4. The van der Waals surface area contributed by atoms with Crippen LogP contribution in [0.2, 0.25) is 0 Å². The number of carbonyl (C=O) groups excluding carboxylic acids is 1. The third-order valence-electron chi connectivity index (χ3n) is 5.39. The van der Waals surface area contributed by atoms with Crippen LogP contribution in [-0.2, 0) is 11.3 Å². The first kappa shape index (κ1) is 20.5. The van der Waals surface area contributed by atoms with E-state index in [-0.39, 0.29) is 11.9 Å². The summed E-state index contributed by atoms with van der Waals surface area (Å²) in [7, 11) is 0. The lowest BCUT2D eigenvalue weighted by Crippen LogP contribution is -2.38. The van der Waals surface area contributed by atoms with Crippen molar-refractivity contribution in [3.8, 4) is 0 Å². The zero-order chi connectivity index (χ0) is 19.9. The molecule has 0 aliphatic carbocycles. The molecule has 0 saturated carbocycles. The topological polar surface area (TPSA) is 75.9 Å². The second kappa shape index (κ2) is 9.78. The Labute approximate surface area is 167 Å². The molecule has 7 heteroatoms. The maximum Gasteiger partial charge on any atom is 0.222 e. The first-order valence-electron chi connectivity index (χ1n) is 10.3. The summed E-state index contributed by atoms with van der Waals surface area (Å²) in [4.78, 5) is 23.7. The van der Waals surface area contributed by atoms with Crippen LogP contribution < -0.4 is 5.32 Å². The molecule has 0 bridgehead atoms. The molecule has 152 valence electrons. The lowest BCUT2D eigenvalue weighted by atomic mass is 9.96. The van der Waals surface area contributed by atoms with Crippen molar-refractivity contribution < 1.29 is 4.79 Å². The Morgan fingerprint density at radius 1 is 1.25 bits per heavy atom. The molecule has 1 N–H and O–H groups in total. The van der Waals surface area contributed by atoms with Crippen LogP contribution in [0.15, 0.2) is 30.7 Å². The molecule has 0 aromatic carbocycles. The Morgan fingerprint density at radius 2 is 2.04 bits per heavy atom. The normalized spacial score (nSPS) is 17.0. The summed E-state index contributed by atoms with van der Waals surface area (Å²) in [6, 6.07) is 3.98. The molecule has 2 aromatic heterocycles. The Kier molecular flexibility index (Phi) is 7.14. The highest BCUT2D eigenvalue weighted by Crippen LogP contribution is 2.19. The molecule has 1 fully saturated rings. The Bertz CT molecular complexity index is 737. The SMILES string of the molecule is CC(C)c1nccc(CN2CCC(CNC(=O)CC(C)n3cccn3)CC2)n1. The highest BCUT2D eigenvalue weighted by molar-refractivity contribution is 5.76. The number of rotatable bonds is 8. The third-order valence-corrected chi connectivity index (χ3v) is 5.39. The zero-order valence-electron chi connectivity index (χ0n) is 17.2. The van der Waals surface area contributed by atoms with Crippen molar-refractivity contribution in [1.29, 1.82) is 0 Å². The van der Waals surface area contributed by atoms with Crippen molar-refractivity contribution >= 4 is 5.91 Å². The standard InChI is InChI=1S/C21H32N6O/c1-16(2)21-22-9-5-19(25-21)15-26-11-6-18(7-12-26)14-23-20(28)13-17(3)27-10-4-8-24-27/h4-5,8-10,16-18H,6-7,11-15H2,1-3H3,(H,23,28). The van der Waals surface area contributed by atoms with Crippen molar-refractivity contribution in [2.24, 2.45) is 5.92 Å². The van der Waals surface area contributed by atoms with Crippen molar-refractivity contribution in [3.05, 3.63) is 42.2 Å². The lowest BCUT2D eigenvalue weighted by Gasteiger charge is -2.31. The smallest absolute Gasteiger partial charge is 0.222 e. The van der Waals surface area contributed by atoms with Gasteiger partial charge in [0.15, 0.2) is 0 Å². The van der Waals surface area contributed by atoms with Crippen LogP contribution in [0.3, 0.4) is 0 Å². The fraction of sp³-hybridized carbons (Fsp3) is 0.619. The van der Waals surface area contributed by atoms with Gasteiger partial charge in [-0.25, -0.2) is 9.97 Å². The average Bonchev–Trinajstić information content (AvgIpc) is 3.23. The van der Waals surface area contributed by atoms with E-state index in [1.807, 2.05) is 36.1 Å².